The van der Waals surface area contributed by atoms with E-state index >= 15 is 0 Å². The Kier molecular flexibility index (Phi) is 3.98. The minimum absolute atomic E-state index is 0.166. The van der Waals surface area contributed by atoms with E-state index in [0.29, 0.717) is 21.7 Å². The predicted molar refractivity (Wildman–Crippen MR) is 110 cm³/mol. The summed E-state index contributed by atoms with van der Waals surface area (Å²) in [7, 11) is 0. The molecule has 0 atom stereocenters. The highest BCUT2D eigenvalue weighted by molar-refractivity contribution is 6.33. The number of rotatable bonds is 3. The molecular weight excluding hydrogens is 356 g/mol. The highest BCUT2D eigenvalue weighted by atomic mass is 35.5. The number of nitrogens with one attached hydrogen (secondary N) is 1. The largest absolute Gasteiger partial charge is 0.398 e. The van der Waals surface area contributed by atoms with Gasteiger partial charge in [0.05, 0.1) is 10.7 Å². The molecule has 2 aromatic rings. The van der Waals surface area contributed by atoms with Gasteiger partial charge in [-0.1, -0.05) is 23.7 Å². The number of anilines is 2. The van der Waals surface area contributed by atoms with Crippen molar-refractivity contribution >= 4 is 28.9 Å². The van der Waals surface area contributed by atoms with Crippen molar-refractivity contribution in [2.75, 3.05) is 11.1 Å². The van der Waals surface area contributed by atoms with E-state index in [0.717, 1.165) is 23.4 Å². The van der Waals surface area contributed by atoms with E-state index in [1.54, 1.807) is 18.2 Å². The van der Waals surface area contributed by atoms with Crippen LogP contribution in [0.2, 0.25) is 5.02 Å². The summed E-state index contributed by atoms with van der Waals surface area (Å²) in [6.07, 6.45) is 8.44. The monoisotopic (exact) mass is 380 g/mol. The zero-order valence-corrected chi connectivity index (χ0v) is 16.1. The Hall–Kier alpha value is -2.00. The van der Waals surface area contributed by atoms with Crippen molar-refractivity contribution in [3.8, 4) is 0 Å². The normalized spacial score (nSPS) is 31.1. The quantitative estimate of drug-likeness (QED) is 0.676. The van der Waals surface area contributed by atoms with Crippen molar-refractivity contribution in [1.82, 2.24) is 0 Å². The molecule has 6 rings (SSSR count). The number of hydrogen-bond acceptors (Lipinski definition) is 2. The Balaban J connectivity index is 1.33. The molecule has 4 bridgehead atoms. The molecule has 3 N–H and O–H groups in total. The molecule has 4 aliphatic carbocycles. The number of benzene rings is 2. The third kappa shape index (κ3) is 3.02. The number of nitrogen functional groups attached to an aromatic ring is 1. The lowest BCUT2D eigenvalue weighted by atomic mass is 9.48. The van der Waals surface area contributed by atoms with Crippen LogP contribution < -0.4 is 11.1 Å². The first-order chi connectivity index (χ1) is 13.0. The molecule has 4 fully saturated rings. The van der Waals surface area contributed by atoms with E-state index in [4.69, 9.17) is 17.3 Å². The summed E-state index contributed by atoms with van der Waals surface area (Å²) in [5.74, 6) is 2.64. The SMILES string of the molecule is Nc1cc(C(=O)Nc2ccc(C34CC5CC(CC(C5)C3)C4)cc2)ccc1Cl. The Bertz CT molecular complexity index is 854. The third-order valence-electron chi connectivity index (χ3n) is 7.05. The van der Waals surface area contributed by atoms with E-state index in [-0.39, 0.29) is 5.91 Å². The van der Waals surface area contributed by atoms with Crippen LogP contribution >= 0.6 is 11.6 Å². The molecule has 0 unspecified atom stereocenters. The highest BCUT2D eigenvalue weighted by Crippen LogP contribution is 2.60. The first-order valence-electron chi connectivity index (χ1n) is 9.98. The second-order valence-corrected chi connectivity index (χ2v) is 9.37. The van der Waals surface area contributed by atoms with Crippen LogP contribution in [-0.2, 0) is 5.41 Å². The Labute approximate surface area is 165 Å². The summed E-state index contributed by atoms with van der Waals surface area (Å²) >= 11 is 5.94. The van der Waals surface area contributed by atoms with Gasteiger partial charge in [0, 0.05) is 11.3 Å². The average Bonchev–Trinajstić information content (AvgIpc) is 2.63. The van der Waals surface area contributed by atoms with Gasteiger partial charge in [0.1, 0.15) is 0 Å². The Morgan fingerprint density at radius 1 is 0.963 bits per heavy atom. The van der Waals surface area contributed by atoms with Gasteiger partial charge >= 0.3 is 0 Å². The lowest BCUT2D eigenvalue weighted by molar-refractivity contribution is -0.00518. The fraction of sp³-hybridized carbons (Fsp3) is 0.435. The molecular formula is C23H25ClN2O. The van der Waals surface area contributed by atoms with Crippen molar-refractivity contribution < 1.29 is 4.79 Å². The first kappa shape index (κ1) is 17.1. The molecule has 0 aromatic heterocycles. The number of nitrogens with two attached hydrogens (primary N) is 1. The summed E-state index contributed by atoms with van der Waals surface area (Å²) in [6.45, 7) is 0. The maximum atomic E-state index is 12.5. The van der Waals surface area contributed by atoms with Crippen molar-refractivity contribution in [3.05, 3.63) is 58.6 Å². The van der Waals surface area contributed by atoms with Crippen LogP contribution in [0.5, 0.6) is 0 Å². The van der Waals surface area contributed by atoms with Gasteiger partial charge in [-0.05, 0) is 97.6 Å². The molecule has 3 nitrogen and oxygen atoms in total. The van der Waals surface area contributed by atoms with Crippen LogP contribution in [0, 0.1) is 17.8 Å². The summed E-state index contributed by atoms with van der Waals surface area (Å²) in [5.41, 5.74) is 9.42. The van der Waals surface area contributed by atoms with Gasteiger partial charge in [0.25, 0.3) is 5.91 Å². The average molecular weight is 381 g/mol. The standard InChI is InChI=1S/C23H25ClN2O/c24-20-6-1-17(10-21(20)25)22(27)26-19-4-2-18(3-5-19)23-11-14-7-15(12-23)9-16(8-14)13-23/h1-6,10,14-16H,7-9,11-13,25H2,(H,26,27). The van der Waals surface area contributed by atoms with Crippen LogP contribution in [0.3, 0.4) is 0 Å². The van der Waals surface area contributed by atoms with Crippen molar-refractivity contribution in [3.63, 3.8) is 0 Å². The zero-order valence-electron chi connectivity index (χ0n) is 15.4. The number of amides is 1. The molecule has 4 heteroatoms. The first-order valence-corrected chi connectivity index (χ1v) is 10.4. The van der Waals surface area contributed by atoms with Crippen LogP contribution in [0.1, 0.15) is 54.4 Å². The topological polar surface area (TPSA) is 55.1 Å². The van der Waals surface area contributed by atoms with E-state index in [2.05, 4.69) is 17.4 Å². The van der Waals surface area contributed by atoms with Gasteiger partial charge in [-0.15, -0.1) is 0 Å². The molecule has 0 radical (unpaired) electrons. The number of carbonyl (C=O) groups excluding carboxylic acids is 1. The summed E-state index contributed by atoms with van der Waals surface area (Å²) in [5, 5.41) is 3.43. The van der Waals surface area contributed by atoms with E-state index in [1.165, 1.54) is 44.1 Å². The molecule has 140 valence electrons. The summed E-state index contributed by atoms with van der Waals surface area (Å²) < 4.78 is 0. The van der Waals surface area contributed by atoms with Crippen molar-refractivity contribution in [2.24, 2.45) is 17.8 Å². The van der Waals surface area contributed by atoms with Crippen LogP contribution in [0.25, 0.3) is 0 Å². The van der Waals surface area contributed by atoms with Crippen molar-refractivity contribution in [1.29, 1.82) is 0 Å². The lowest BCUT2D eigenvalue weighted by Crippen LogP contribution is -2.48. The molecule has 0 heterocycles. The fourth-order valence-corrected chi connectivity index (χ4v) is 6.38. The van der Waals surface area contributed by atoms with Gasteiger partial charge in [0.15, 0.2) is 0 Å². The predicted octanol–water partition coefficient (Wildman–Crippen LogP) is 5.64. The minimum atomic E-state index is -0.166. The molecule has 0 saturated heterocycles. The zero-order chi connectivity index (χ0) is 18.6. The molecule has 4 aliphatic rings. The Morgan fingerprint density at radius 3 is 2.11 bits per heavy atom. The molecule has 27 heavy (non-hydrogen) atoms. The molecule has 0 aliphatic heterocycles. The summed E-state index contributed by atoms with van der Waals surface area (Å²) in [6, 6.07) is 13.5. The number of hydrogen-bond donors (Lipinski definition) is 2. The maximum Gasteiger partial charge on any atom is 0.255 e. The van der Waals surface area contributed by atoms with E-state index in [9.17, 15) is 4.79 Å². The third-order valence-corrected chi connectivity index (χ3v) is 7.40. The van der Waals surface area contributed by atoms with Crippen LogP contribution in [-0.4, -0.2) is 5.91 Å². The molecule has 2 aromatic carbocycles. The minimum Gasteiger partial charge on any atom is -0.398 e. The second kappa shape index (κ2) is 6.27. The lowest BCUT2D eigenvalue weighted by Gasteiger charge is -2.57. The maximum absolute atomic E-state index is 12.5. The highest BCUT2D eigenvalue weighted by Gasteiger charge is 2.51. The fourth-order valence-electron chi connectivity index (χ4n) is 6.26. The van der Waals surface area contributed by atoms with E-state index < -0.39 is 0 Å². The van der Waals surface area contributed by atoms with Crippen LogP contribution in [0.4, 0.5) is 11.4 Å². The van der Waals surface area contributed by atoms with Gasteiger partial charge < -0.3 is 11.1 Å². The van der Waals surface area contributed by atoms with Gasteiger partial charge in [-0.3, -0.25) is 4.79 Å². The molecule has 0 spiro atoms. The Morgan fingerprint density at radius 2 is 1.56 bits per heavy atom. The van der Waals surface area contributed by atoms with Gasteiger partial charge in [-0.2, -0.15) is 0 Å². The van der Waals surface area contributed by atoms with Gasteiger partial charge in [0.2, 0.25) is 0 Å². The number of halogens is 1. The molecule has 1 amide bonds. The molecule has 4 saturated carbocycles. The van der Waals surface area contributed by atoms with Crippen LogP contribution in [0.15, 0.2) is 42.5 Å². The number of carbonyl (C=O) groups is 1. The smallest absolute Gasteiger partial charge is 0.255 e. The van der Waals surface area contributed by atoms with Gasteiger partial charge in [-0.25, -0.2) is 0 Å². The summed E-state index contributed by atoms with van der Waals surface area (Å²) in [4.78, 5) is 12.5. The second-order valence-electron chi connectivity index (χ2n) is 8.97. The van der Waals surface area contributed by atoms with Crippen molar-refractivity contribution in [2.45, 2.75) is 43.9 Å². The van der Waals surface area contributed by atoms with E-state index in [1.807, 2.05) is 12.1 Å².